The lowest BCUT2D eigenvalue weighted by Crippen LogP contribution is -2.30. The van der Waals surface area contributed by atoms with E-state index in [0.717, 1.165) is 26.1 Å². The Bertz CT molecular complexity index is 838. The Kier molecular flexibility index (Phi) is 7.08. The molecule has 1 unspecified atom stereocenters. The summed E-state index contributed by atoms with van der Waals surface area (Å²) in [5, 5.41) is 5.93. The summed E-state index contributed by atoms with van der Waals surface area (Å²) in [6.07, 6.45) is 1.02. The number of nitrogens with zero attached hydrogens (tertiary/aromatic N) is 1. The van der Waals surface area contributed by atoms with Gasteiger partial charge in [-0.3, -0.25) is 9.59 Å². The molecule has 3 rings (SSSR count). The van der Waals surface area contributed by atoms with Gasteiger partial charge in [0.05, 0.1) is 7.11 Å². The summed E-state index contributed by atoms with van der Waals surface area (Å²) in [4.78, 5) is 26.6. The van der Waals surface area contributed by atoms with Gasteiger partial charge in [0, 0.05) is 30.4 Å². The maximum absolute atomic E-state index is 12.6. The highest BCUT2D eigenvalue weighted by atomic mass is 16.5. The summed E-state index contributed by atoms with van der Waals surface area (Å²) in [5.41, 5.74) is 1.27. The number of carbonyl (C=O) groups excluding carboxylic acids is 2. The summed E-state index contributed by atoms with van der Waals surface area (Å²) in [6, 6.07) is 14.0. The van der Waals surface area contributed by atoms with Crippen molar-refractivity contribution in [2.24, 2.45) is 5.92 Å². The number of amides is 2. The Balaban J connectivity index is 1.49. The van der Waals surface area contributed by atoms with E-state index in [1.807, 2.05) is 11.9 Å². The van der Waals surface area contributed by atoms with Gasteiger partial charge in [0.25, 0.3) is 11.8 Å². The van der Waals surface area contributed by atoms with Gasteiger partial charge in [0.15, 0.2) is 6.61 Å². The molecule has 2 aromatic rings. The van der Waals surface area contributed by atoms with E-state index in [1.165, 1.54) is 0 Å². The molecule has 2 N–H and O–H groups in total. The lowest BCUT2D eigenvalue weighted by atomic mass is 10.1. The second-order valence-electron chi connectivity index (χ2n) is 7.06. The van der Waals surface area contributed by atoms with Gasteiger partial charge in [0.1, 0.15) is 11.5 Å². The molecule has 1 aliphatic rings. The van der Waals surface area contributed by atoms with Crippen LogP contribution in [-0.2, 0) is 4.79 Å². The molecule has 1 aliphatic heterocycles. The van der Waals surface area contributed by atoms with Gasteiger partial charge in [-0.05, 0) is 62.3 Å². The number of hydrogen-bond donors (Lipinski definition) is 2. The van der Waals surface area contributed by atoms with Gasteiger partial charge >= 0.3 is 0 Å². The second-order valence-corrected chi connectivity index (χ2v) is 7.06. The van der Waals surface area contributed by atoms with E-state index in [2.05, 4.69) is 10.6 Å². The number of anilines is 1. The van der Waals surface area contributed by atoms with Gasteiger partial charge < -0.3 is 25.0 Å². The predicted octanol–water partition coefficient (Wildman–Crippen LogP) is 2.39. The summed E-state index contributed by atoms with van der Waals surface area (Å²) in [6.45, 7) is 2.37. The molecule has 7 nitrogen and oxygen atoms in total. The Morgan fingerprint density at radius 2 is 1.93 bits per heavy atom. The number of rotatable bonds is 8. The molecule has 1 heterocycles. The highest BCUT2D eigenvalue weighted by Gasteiger charge is 2.26. The third-order valence-corrected chi connectivity index (χ3v) is 4.89. The molecular weight excluding hydrogens is 370 g/mol. The molecule has 154 valence electrons. The summed E-state index contributed by atoms with van der Waals surface area (Å²) < 4.78 is 10.7. The van der Waals surface area contributed by atoms with Crippen LogP contribution in [0.3, 0.4) is 0 Å². The number of hydrogen-bond acceptors (Lipinski definition) is 5. The largest absolute Gasteiger partial charge is 0.497 e. The van der Waals surface area contributed by atoms with Crippen LogP contribution in [-0.4, -0.2) is 57.1 Å². The predicted molar refractivity (Wildman–Crippen MR) is 111 cm³/mol. The van der Waals surface area contributed by atoms with Gasteiger partial charge in [-0.25, -0.2) is 0 Å². The molecular formula is C22H27N3O4. The van der Waals surface area contributed by atoms with Crippen LogP contribution in [0.2, 0.25) is 0 Å². The van der Waals surface area contributed by atoms with E-state index in [4.69, 9.17) is 9.47 Å². The van der Waals surface area contributed by atoms with Crippen LogP contribution in [0.15, 0.2) is 48.5 Å². The maximum atomic E-state index is 12.6. The Hall–Kier alpha value is -3.06. The van der Waals surface area contributed by atoms with Crippen molar-refractivity contribution in [3.8, 4) is 11.5 Å². The average Bonchev–Trinajstić information content (AvgIpc) is 3.21. The van der Waals surface area contributed by atoms with Crippen LogP contribution >= 0.6 is 0 Å². The minimum Gasteiger partial charge on any atom is -0.497 e. The van der Waals surface area contributed by atoms with Crippen molar-refractivity contribution in [3.05, 3.63) is 54.1 Å². The van der Waals surface area contributed by atoms with Gasteiger partial charge in [-0.15, -0.1) is 0 Å². The molecule has 0 aromatic heterocycles. The quantitative estimate of drug-likeness (QED) is 0.715. The number of benzene rings is 2. The Morgan fingerprint density at radius 3 is 2.66 bits per heavy atom. The van der Waals surface area contributed by atoms with Crippen molar-refractivity contribution in [3.63, 3.8) is 0 Å². The van der Waals surface area contributed by atoms with Crippen LogP contribution in [0.5, 0.6) is 11.5 Å². The van der Waals surface area contributed by atoms with Crippen LogP contribution in [0.1, 0.15) is 16.8 Å². The summed E-state index contributed by atoms with van der Waals surface area (Å²) in [7, 11) is 3.50. The summed E-state index contributed by atoms with van der Waals surface area (Å²) >= 11 is 0. The second kappa shape index (κ2) is 9.93. The Labute approximate surface area is 171 Å². The van der Waals surface area contributed by atoms with Gasteiger partial charge in [0.2, 0.25) is 0 Å². The Morgan fingerprint density at radius 1 is 1.14 bits per heavy atom. The standard InChI is InChI=1S/C22H27N3O4/c1-23-13-16-10-11-25(14-16)22(27)17-6-8-19(9-7-17)29-15-21(26)24-18-4-3-5-20(12-18)28-2/h3-9,12,16,23H,10-11,13-15H2,1-2H3,(H,24,26). The van der Waals surface area contributed by atoms with Crippen molar-refractivity contribution < 1.29 is 19.1 Å². The zero-order chi connectivity index (χ0) is 20.6. The SMILES string of the molecule is CNCC1CCN(C(=O)c2ccc(OCC(=O)Nc3cccc(OC)c3)cc2)C1. The molecule has 1 saturated heterocycles. The number of methoxy groups -OCH3 is 1. The molecule has 0 saturated carbocycles. The molecule has 0 spiro atoms. The fourth-order valence-corrected chi connectivity index (χ4v) is 3.40. The van der Waals surface area contributed by atoms with Crippen LogP contribution in [0.4, 0.5) is 5.69 Å². The number of likely N-dealkylation sites (tertiary alicyclic amines) is 1. The van der Waals surface area contributed by atoms with Crippen molar-refractivity contribution in [2.45, 2.75) is 6.42 Å². The van der Waals surface area contributed by atoms with Crippen LogP contribution < -0.4 is 20.1 Å². The smallest absolute Gasteiger partial charge is 0.262 e. The minimum absolute atomic E-state index is 0.0333. The normalized spacial score (nSPS) is 15.8. The van der Waals surface area contributed by atoms with E-state index >= 15 is 0 Å². The lowest BCUT2D eigenvalue weighted by Gasteiger charge is -2.17. The highest BCUT2D eigenvalue weighted by molar-refractivity contribution is 5.94. The van der Waals surface area contributed by atoms with E-state index < -0.39 is 0 Å². The first-order valence-electron chi connectivity index (χ1n) is 9.69. The van der Waals surface area contributed by atoms with Crippen LogP contribution in [0.25, 0.3) is 0 Å². The number of ether oxygens (including phenoxy) is 2. The molecule has 1 fully saturated rings. The van der Waals surface area contributed by atoms with E-state index in [0.29, 0.717) is 28.7 Å². The zero-order valence-corrected chi connectivity index (χ0v) is 16.8. The third kappa shape index (κ3) is 5.71. The van der Waals surface area contributed by atoms with Crippen LogP contribution in [0, 0.1) is 5.92 Å². The highest BCUT2D eigenvalue weighted by Crippen LogP contribution is 2.20. The first kappa shape index (κ1) is 20.7. The first-order valence-corrected chi connectivity index (χ1v) is 9.69. The molecule has 29 heavy (non-hydrogen) atoms. The molecule has 0 aliphatic carbocycles. The van der Waals surface area contributed by atoms with E-state index in [9.17, 15) is 9.59 Å². The molecule has 0 radical (unpaired) electrons. The topological polar surface area (TPSA) is 79.9 Å². The molecule has 7 heteroatoms. The molecule has 2 amide bonds. The van der Waals surface area contributed by atoms with Crippen molar-refractivity contribution >= 4 is 17.5 Å². The minimum atomic E-state index is -0.272. The number of carbonyl (C=O) groups is 2. The average molecular weight is 397 g/mol. The first-order chi connectivity index (χ1) is 14.1. The fraction of sp³-hybridized carbons (Fsp3) is 0.364. The zero-order valence-electron chi connectivity index (χ0n) is 16.8. The molecule has 1 atom stereocenters. The van der Waals surface area contributed by atoms with Gasteiger partial charge in [-0.2, -0.15) is 0 Å². The van der Waals surface area contributed by atoms with E-state index in [-0.39, 0.29) is 18.4 Å². The third-order valence-electron chi connectivity index (χ3n) is 4.89. The monoisotopic (exact) mass is 397 g/mol. The molecule has 2 aromatic carbocycles. The lowest BCUT2D eigenvalue weighted by molar-refractivity contribution is -0.118. The molecule has 0 bridgehead atoms. The summed E-state index contributed by atoms with van der Waals surface area (Å²) in [5.74, 6) is 1.47. The van der Waals surface area contributed by atoms with Crippen molar-refractivity contribution in [2.75, 3.05) is 45.7 Å². The van der Waals surface area contributed by atoms with Crippen molar-refractivity contribution in [1.82, 2.24) is 10.2 Å². The maximum Gasteiger partial charge on any atom is 0.262 e. The van der Waals surface area contributed by atoms with Gasteiger partial charge in [-0.1, -0.05) is 6.07 Å². The van der Waals surface area contributed by atoms with E-state index in [1.54, 1.807) is 55.6 Å². The fourth-order valence-electron chi connectivity index (χ4n) is 3.40. The van der Waals surface area contributed by atoms with Crippen molar-refractivity contribution in [1.29, 1.82) is 0 Å². The number of nitrogens with one attached hydrogen (secondary N) is 2.